The van der Waals surface area contributed by atoms with Crippen LogP contribution in [0.1, 0.15) is 6.42 Å². The molecule has 0 aromatic carbocycles. The first-order valence-corrected chi connectivity index (χ1v) is 4.53. The van der Waals surface area contributed by atoms with E-state index in [4.69, 9.17) is 11.5 Å². The van der Waals surface area contributed by atoms with E-state index in [1.165, 1.54) is 0 Å². The Morgan fingerprint density at radius 3 is 2.56 bits per heavy atom. The number of terminal acetylenes is 1. The molecule has 0 fully saturated rings. The molecule has 0 rings (SSSR count). The third-order valence-corrected chi connectivity index (χ3v) is 2.37. The fourth-order valence-corrected chi connectivity index (χ4v) is 1.71. The lowest BCUT2D eigenvalue weighted by Gasteiger charge is -2.15. The molecule has 50 valence electrons. The van der Waals surface area contributed by atoms with Gasteiger partial charge in [-0.3, -0.25) is 5.09 Å². The average Bonchev–Trinajstić information content (AvgIpc) is 1.82. The first kappa shape index (κ1) is 9.44. The molecule has 0 aromatic heterocycles. The molecule has 0 aromatic rings. The predicted molar refractivity (Wildman–Crippen MR) is 44.6 cm³/mol. The topological polar surface area (TPSA) is 32.3 Å². The van der Waals surface area contributed by atoms with Crippen molar-refractivity contribution in [1.82, 2.24) is 5.09 Å². The van der Waals surface area contributed by atoms with Crippen LogP contribution >= 0.6 is 9.39 Å². The Balaban J connectivity index is 3.57. The van der Waals surface area contributed by atoms with E-state index in [9.17, 15) is 0 Å². The lowest BCUT2D eigenvalue weighted by atomic mass is 10.2. The van der Waals surface area contributed by atoms with Crippen LogP contribution in [-0.2, 0) is 0 Å². The number of rotatable bonds is 3. The highest BCUT2D eigenvalue weighted by molar-refractivity contribution is 7.13. The lowest BCUT2D eigenvalue weighted by Crippen LogP contribution is -2.34. The van der Waals surface area contributed by atoms with Crippen LogP contribution in [0.15, 0.2) is 0 Å². The number of hydrogen-bond donors (Lipinski definition) is 2. The van der Waals surface area contributed by atoms with Gasteiger partial charge in [0, 0.05) is 17.4 Å². The van der Waals surface area contributed by atoms with E-state index < -0.39 is 0 Å². The van der Waals surface area contributed by atoms with Crippen molar-refractivity contribution < 1.29 is 5.11 Å². The van der Waals surface area contributed by atoms with Gasteiger partial charge in [0.05, 0.1) is 0 Å². The van der Waals surface area contributed by atoms with E-state index in [0.717, 1.165) is 16.3 Å². The molecule has 0 aliphatic heterocycles. The van der Waals surface area contributed by atoms with Crippen LogP contribution in [0.4, 0.5) is 0 Å². The van der Waals surface area contributed by atoms with E-state index >= 15 is 0 Å². The minimum Gasteiger partial charge on any atom is -0.408 e. The maximum Gasteiger partial charge on any atom is 0.261 e. The standard InChI is InChI=1S/C5H9NOP.Al.2H/c1-2-3-5(4-7)6-8;;;/h1,4-7H,3,8H2;;;/t5-;;;/m0.../s1. The Labute approximate surface area is 66.1 Å². The Morgan fingerprint density at radius 2 is 2.44 bits per heavy atom. The summed E-state index contributed by atoms with van der Waals surface area (Å²) in [6, 6.07) is 0.0617. The molecular weight excluding hydrogens is 148 g/mol. The van der Waals surface area contributed by atoms with Crippen molar-refractivity contribution in [2.24, 2.45) is 0 Å². The Bertz CT molecular complexity index is 112. The van der Waals surface area contributed by atoms with E-state index in [2.05, 4.69) is 20.4 Å². The summed E-state index contributed by atoms with van der Waals surface area (Å²) in [6.45, 7) is 0. The van der Waals surface area contributed by atoms with Gasteiger partial charge in [-0.2, -0.15) is 0 Å². The summed E-state index contributed by atoms with van der Waals surface area (Å²) in [4.78, 5) is -0.251. The highest BCUT2D eigenvalue weighted by Crippen LogP contribution is 1.96. The molecule has 4 heteroatoms. The van der Waals surface area contributed by atoms with Crippen LogP contribution in [-0.4, -0.2) is 32.4 Å². The van der Waals surface area contributed by atoms with Gasteiger partial charge in [-0.1, -0.05) is 9.39 Å². The Kier molecular flexibility index (Phi) is 5.50. The fourth-order valence-electron chi connectivity index (χ4n) is 0.496. The molecule has 0 aliphatic carbocycles. The molecule has 0 spiro atoms. The molecule has 0 radical (unpaired) electrons. The molecule has 0 saturated heterocycles. The summed E-state index contributed by atoms with van der Waals surface area (Å²) in [6.07, 6.45) is 5.64. The van der Waals surface area contributed by atoms with Crippen LogP contribution in [0.3, 0.4) is 0 Å². The number of hydrogen-bond acceptors (Lipinski definition) is 2. The molecule has 0 saturated carbocycles. The second-order valence-electron chi connectivity index (χ2n) is 1.92. The van der Waals surface area contributed by atoms with E-state index in [-0.39, 0.29) is 11.0 Å². The van der Waals surface area contributed by atoms with Gasteiger partial charge in [0.2, 0.25) is 0 Å². The summed E-state index contributed by atoms with van der Waals surface area (Å²) in [5, 5.41) is 11.9. The van der Waals surface area contributed by atoms with E-state index in [1.807, 2.05) is 0 Å². The van der Waals surface area contributed by atoms with Gasteiger partial charge in [0.25, 0.3) is 16.3 Å². The van der Waals surface area contributed by atoms with Gasteiger partial charge in [-0.05, 0) is 0 Å². The average molecular weight is 159 g/mol. The number of nitrogens with one attached hydrogen (secondary N) is 1. The highest BCUT2D eigenvalue weighted by Gasteiger charge is 2.09. The first-order chi connectivity index (χ1) is 4.22. The third-order valence-electron chi connectivity index (χ3n) is 1.13. The zero-order chi connectivity index (χ0) is 7.28. The minimum atomic E-state index is -0.251. The molecule has 0 bridgehead atoms. The number of aliphatic hydroxyl groups is 1. The van der Waals surface area contributed by atoms with Crippen LogP contribution in [0.5, 0.6) is 0 Å². The quantitative estimate of drug-likeness (QED) is 0.305. The predicted octanol–water partition coefficient (Wildman–Crippen LogP) is -1.29. The van der Waals surface area contributed by atoms with Crippen molar-refractivity contribution in [2.75, 3.05) is 0 Å². The first-order valence-electron chi connectivity index (χ1n) is 2.80. The van der Waals surface area contributed by atoms with Gasteiger partial charge in [0.1, 0.15) is 0 Å². The molecular formula is C5H11AlNOP. The summed E-state index contributed by atoms with van der Waals surface area (Å²) in [5.41, 5.74) is 0. The normalized spacial score (nSPS) is 16.1. The summed E-state index contributed by atoms with van der Waals surface area (Å²) in [7, 11) is 2.35. The van der Waals surface area contributed by atoms with Crippen molar-refractivity contribution in [2.45, 2.75) is 17.4 Å². The molecule has 1 unspecified atom stereocenters. The fraction of sp³-hybridized carbons (Fsp3) is 0.600. The minimum absolute atomic E-state index is 0.0617. The maximum absolute atomic E-state index is 9.03. The van der Waals surface area contributed by atoms with Crippen LogP contribution in [0.2, 0.25) is 0 Å². The largest absolute Gasteiger partial charge is 0.408 e. The van der Waals surface area contributed by atoms with E-state index in [0.29, 0.717) is 6.42 Å². The smallest absolute Gasteiger partial charge is 0.261 e. The van der Waals surface area contributed by atoms with Crippen molar-refractivity contribution in [3.63, 3.8) is 0 Å². The maximum atomic E-state index is 9.03. The Morgan fingerprint density at radius 1 is 1.89 bits per heavy atom. The number of aliphatic hydroxyl groups excluding tert-OH is 1. The molecule has 0 amide bonds. The van der Waals surface area contributed by atoms with Crippen molar-refractivity contribution in [1.29, 1.82) is 0 Å². The third kappa shape index (κ3) is 3.93. The molecule has 0 aliphatic rings. The van der Waals surface area contributed by atoms with Gasteiger partial charge >= 0.3 is 0 Å². The second-order valence-corrected chi connectivity index (χ2v) is 3.44. The van der Waals surface area contributed by atoms with Crippen molar-refractivity contribution in [3.05, 3.63) is 0 Å². The van der Waals surface area contributed by atoms with Crippen molar-refractivity contribution in [3.8, 4) is 12.3 Å². The second kappa shape index (κ2) is 5.24. The van der Waals surface area contributed by atoms with Gasteiger partial charge in [-0.15, -0.1) is 12.3 Å². The summed E-state index contributed by atoms with van der Waals surface area (Å²) in [5.74, 6) is 2.49. The highest BCUT2D eigenvalue weighted by atomic mass is 31.0. The monoisotopic (exact) mass is 159 g/mol. The van der Waals surface area contributed by atoms with E-state index in [1.54, 1.807) is 0 Å². The van der Waals surface area contributed by atoms with Crippen molar-refractivity contribution >= 4 is 25.7 Å². The van der Waals surface area contributed by atoms with Crippen LogP contribution in [0, 0.1) is 12.3 Å². The molecule has 0 heterocycles. The summed E-state index contributed by atoms with van der Waals surface area (Å²) < 4.78 is 0. The summed E-state index contributed by atoms with van der Waals surface area (Å²) >= 11 is 0.760. The van der Waals surface area contributed by atoms with Crippen LogP contribution < -0.4 is 5.09 Å². The lowest BCUT2D eigenvalue weighted by molar-refractivity contribution is 0.218. The SMILES string of the molecule is C#CC[C@H](NP)[C@H](O)[AlH2]. The molecule has 2 N–H and O–H groups in total. The molecule has 3 atom stereocenters. The molecule has 2 nitrogen and oxygen atoms in total. The zero-order valence-corrected chi connectivity index (χ0v) is 8.62. The van der Waals surface area contributed by atoms with Crippen LogP contribution in [0.25, 0.3) is 0 Å². The molecule has 9 heavy (non-hydrogen) atoms. The zero-order valence-electron chi connectivity index (χ0n) is 5.46. The van der Waals surface area contributed by atoms with Gasteiger partial charge in [0.15, 0.2) is 0 Å². The Hall–Kier alpha value is 0.442. The van der Waals surface area contributed by atoms with Gasteiger partial charge < -0.3 is 5.11 Å². The van der Waals surface area contributed by atoms with Gasteiger partial charge in [-0.25, -0.2) is 0 Å².